The van der Waals surface area contributed by atoms with E-state index >= 15 is 0 Å². The van der Waals surface area contributed by atoms with Crippen LogP contribution in [0.2, 0.25) is 0 Å². The van der Waals surface area contributed by atoms with E-state index < -0.39 is 0 Å². The highest BCUT2D eigenvalue weighted by molar-refractivity contribution is 5.94. The molecule has 3 aliphatic rings. The van der Waals surface area contributed by atoms with Crippen molar-refractivity contribution in [2.45, 2.75) is 38.1 Å². The molecule has 4 heterocycles. The number of amides is 2. The highest BCUT2D eigenvalue weighted by Crippen LogP contribution is 2.22. The molecule has 0 radical (unpaired) electrons. The normalized spacial score (nSPS) is 23.9. The Hall–Kier alpha value is -2.15. The van der Waals surface area contributed by atoms with Gasteiger partial charge in [0.1, 0.15) is 5.82 Å². The molecule has 2 amide bonds. The van der Waals surface area contributed by atoms with Gasteiger partial charge < -0.3 is 20.4 Å². The fraction of sp³-hybridized carbons (Fsp3) is 0.650. The lowest BCUT2D eigenvalue weighted by Crippen LogP contribution is -2.41. The smallest absolute Gasteiger partial charge is 0.255 e. The van der Waals surface area contributed by atoms with E-state index in [2.05, 4.69) is 15.6 Å². The van der Waals surface area contributed by atoms with Crippen LogP contribution in [-0.2, 0) is 4.79 Å². The molecule has 0 spiro atoms. The number of anilines is 1. The molecule has 7 nitrogen and oxygen atoms in total. The maximum atomic E-state index is 12.7. The van der Waals surface area contributed by atoms with Crippen molar-refractivity contribution in [1.29, 1.82) is 0 Å². The average molecular weight is 371 g/mol. The summed E-state index contributed by atoms with van der Waals surface area (Å²) in [5.74, 6) is 1.70. The van der Waals surface area contributed by atoms with E-state index in [1.165, 1.54) is 0 Å². The van der Waals surface area contributed by atoms with Gasteiger partial charge in [-0.2, -0.15) is 0 Å². The van der Waals surface area contributed by atoms with Crippen molar-refractivity contribution < 1.29 is 9.59 Å². The first-order valence-electron chi connectivity index (χ1n) is 10.2. The molecule has 0 saturated carbocycles. The maximum absolute atomic E-state index is 12.7. The third-order valence-electron chi connectivity index (χ3n) is 5.97. The monoisotopic (exact) mass is 371 g/mol. The zero-order chi connectivity index (χ0) is 18.6. The van der Waals surface area contributed by atoms with Crippen LogP contribution < -0.4 is 10.6 Å². The second kappa shape index (κ2) is 8.25. The number of carbonyl (C=O) groups excluding carboxylic acids is 2. The van der Waals surface area contributed by atoms with E-state index in [9.17, 15) is 9.59 Å². The molecule has 3 fully saturated rings. The molecule has 7 heteroatoms. The molecule has 0 aromatic carbocycles. The van der Waals surface area contributed by atoms with Crippen LogP contribution in [-0.4, -0.2) is 71.9 Å². The van der Waals surface area contributed by atoms with Gasteiger partial charge in [-0.15, -0.1) is 0 Å². The standard InChI is InChI=1S/C20H29N5O2/c26-19-2-1-9-25(19)14-15-6-10-24(11-7-15)20(27)16-3-4-18(22-12-16)23-17-5-8-21-13-17/h3-4,12,15,17,21H,1-2,5-11,13-14H2,(H,22,23). The second-order valence-electron chi connectivity index (χ2n) is 7.95. The second-order valence-corrected chi connectivity index (χ2v) is 7.95. The molecule has 1 aromatic rings. The molecule has 3 saturated heterocycles. The first-order chi connectivity index (χ1) is 13.2. The van der Waals surface area contributed by atoms with Gasteiger partial charge in [-0.25, -0.2) is 4.98 Å². The number of rotatable bonds is 5. The first kappa shape index (κ1) is 18.2. The number of piperidine rings is 1. The number of hydrogen-bond acceptors (Lipinski definition) is 5. The predicted molar refractivity (Wildman–Crippen MR) is 104 cm³/mol. The Morgan fingerprint density at radius 3 is 2.70 bits per heavy atom. The van der Waals surface area contributed by atoms with Crippen LogP contribution in [0.5, 0.6) is 0 Å². The number of aromatic nitrogens is 1. The summed E-state index contributed by atoms with van der Waals surface area (Å²) >= 11 is 0. The lowest BCUT2D eigenvalue weighted by molar-refractivity contribution is -0.128. The zero-order valence-corrected chi connectivity index (χ0v) is 15.8. The number of pyridine rings is 1. The Balaban J connectivity index is 1.26. The van der Waals surface area contributed by atoms with E-state index in [1.807, 2.05) is 21.9 Å². The summed E-state index contributed by atoms with van der Waals surface area (Å²) in [6, 6.07) is 4.19. The summed E-state index contributed by atoms with van der Waals surface area (Å²) in [5.41, 5.74) is 0.651. The van der Waals surface area contributed by atoms with Crippen LogP contribution in [0.25, 0.3) is 0 Å². The van der Waals surface area contributed by atoms with Gasteiger partial charge in [-0.3, -0.25) is 9.59 Å². The Kier molecular flexibility index (Phi) is 5.57. The van der Waals surface area contributed by atoms with E-state index in [-0.39, 0.29) is 5.91 Å². The van der Waals surface area contributed by atoms with Crippen molar-refractivity contribution in [3.05, 3.63) is 23.9 Å². The van der Waals surface area contributed by atoms with Gasteiger partial charge >= 0.3 is 0 Å². The fourth-order valence-electron chi connectivity index (χ4n) is 4.30. The van der Waals surface area contributed by atoms with E-state index in [4.69, 9.17) is 0 Å². The van der Waals surface area contributed by atoms with E-state index in [1.54, 1.807) is 6.20 Å². The number of hydrogen-bond donors (Lipinski definition) is 2. The number of nitrogens with one attached hydrogen (secondary N) is 2. The lowest BCUT2D eigenvalue weighted by atomic mass is 9.96. The van der Waals surface area contributed by atoms with E-state index in [0.29, 0.717) is 29.9 Å². The molecule has 27 heavy (non-hydrogen) atoms. The quantitative estimate of drug-likeness (QED) is 0.817. The Labute approximate surface area is 160 Å². The third kappa shape index (κ3) is 4.40. The van der Waals surface area contributed by atoms with Crippen molar-refractivity contribution in [1.82, 2.24) is 20.1 Å². The summed E-state index contributed by atoms with van der Waals surface area (Å²) in [6.07, 6.45) is 6.41. The summed E-state index contributed by atoms with van der Waals surface area (Å²) in [5, 5.41) is 6.72. The van der Waals surface area contributed by atoms with Crippen LogP contribution >= 0.6 is 0 Å². The summed E-state index contributed by atoms with van der Waals surface area (Å²) in [4.78, 5) is 32.9. The van der Waals surface area contributed by atoms with Crippen LogP contribution in [0.15, 0.2) is 18.3 Å². The summed E-state index contributed by atoms with van der Waals surface area (Å²) < 4.78 is 0. The highest BCUT2D eigenvalue weighted by Gasteiger charge is 2.28. The van der Waals surface area contributed by atoms with Crippen molar-refractivity contribution >= 4 is 17.6 Å². The van der Waals surface area contributed by atoms with Gasteiger partial charge in [0.25, 0.3) is 5.91 Å². The molecule has 4 rings (SSSR count). The summed E-state index contributed by atoms with van der Waals surface area (Å²) in [7, 11) is 0. The number of nitrogens with zero attached hydrogens (tertiary/aromatic N) is 3. The van der Waals surface area contributed by atoms with Crippen LogP contribution in [0, 0.1) is 5.92 Å². The minimum Gasteiger partial charge on any atom is -0.366 e. The van der Waals surface area contributed by atoms with Crippen molar-refractivity contribution in [3.8, 4) is 0 Å². The SMILES string of the molecule is O=C1CCCN1CC1CCN(C(=O)c2ccc(NC3CCNC3)nc2)CC1. The first-order valence-corrected chi connectivity index (χ1v) is 10.2. The highest BCUT2D eigenvalue weighted by atomic mass is 16.2. The molecule has 2 N–H and O–H groups in total. The number of carbonyl (C=O) groups is 2. The summed E-state index contributed by atoms with van der Waals surface area (Å²) in [6.45, 7) is 5.29. The van der Waals surface area contributed by atoms with Crippen molar-refractivity contribution in [3.63, 3.8) is 0 Å². The van der Waals surface area contributed by atoms with Crippen LogP contribution in [0.3, 0.4) is 0 Å². The average Bonchev–Trinajstić information content (AvgIpc) is 3.35. The molecule has 1 atom stereocenters. The van der Waals surface area contributed by atoms with Gasteiger partial charge in [0.05, 0.1) is 5.56 Å². The van der Waals surface area contributed by atoms with Gasteiger partial charge in [0.2, 0.25) is 5.91 Å². The minimum absolute atomic E-state index is 0.0623. The van der Waals surface area contributed by atoms with Crippen molar-refractivity contribution in [2.75, 3.05) is 44.6 Å². The topological polar surface area (TPSA) is 77.6 Å². The fourth-order valence-corrected chi connectivity index (χ4v) is 4.30. The zero-order valence-electron chi connectivity index (χ0n) is 15.8. The minimum atomic E-state index is 0.0623. The predicted octanol–water partition coefficient (Wildman–Crippen LogP) is 1.33. The molecular weight excluding hydrogens is 342 g/mol. The van der Waals surface area contributed by atoms with Gasteiger partial charge in [-0.1, -0.05) is 0 Å². The van der Waals surface area contributed by atoms with Crippen molar-refractivity contribution in [2.24, 2.45) is 5.92 Å². The Morgan fingerprint density at radius 1 is 1.22 bits per heavy atom. The van der Waals surface area contributed by atoms with E-state index in [0.717, 1.165) is 70.8 Å². The maximum Gasteiger partial charge on any atom is 0.255 e. The van der Waals surface area contributed by atoms with Gasteiger partial charge in [0.15, 0.2) is 0 Å². The molecule has 3 aliphatic heterocycles. The molecular formula is C20H29N5O2. The molecule has 146 valence electrons. The molecule has 0 aliphatic carbocycles. The Bertz CT molecular complexity index is 663. The lowest BCUT2D eigenvalue weighted by Gasteiger charge is -2.34. The van der Waals surface area contributed by atoms with Crippen LogP contribution in [0.1, 0.15) is 42.5 Å². The molecule has 1 aromatic heterocycles. The van der Waals surface area contributed by atoms with Gasteiger partial charge in [0, 0.05) is 51.4 Å². The molecule has 1 unspecified atom stereocenters. The van der Waals surface area contributed by atoms with Crippen LogP contribution in [0.4, 0.5) is 5.82 Å². The third-order valence-corrected chi connectivity index (χ3v) is 5.97. The number of likely N-dealkylation sites (tertiary alicyclic amines) is 2. The van der Waals surface area contributed by atoms with Gasteiger partial charge in [-0.05, 0) is 50.3 Å². The molecule has 0 bridgehead atoms. The largest absolute Gasteiger partial charge is 0.366 e. The Morgan fingerprint density at radius 2 is 2.07 bits per heavy atom.